The third kappa shape index (κ3) is 5.02. The highest BCUT2D eigenvalue weighted by Crippen LogP contribution is 2.40. The molecule has 0 amide bonds. The highest BCUT2D eigenvalue weighted by Gasteiger charge is 2.38. The van der Waals surface area contributed by atoms with Gasteiger partial charge in [0.1, 0.15) is 10.2 Å². The summed E-state index contributed by atoms with van der Waals surface area (Å²) in [4.78, 5) is 40.4. The van der Waals surface area contributed by atoms with Crippen LogP contribution in [0.2, 0.25) is 0 Å². The van der Waals surface area contributed by atoms with Crippen LogP contribution in [0.25, 0.3) is 11.0 Å². The van der Waals surface area contributed by atoms with E-state index in [9.17, 15) is 14.4 Å². The molecule has 0 bridgehead atoms. The molecule has 0 unspecified atom stereocenters. The number of esters is 2. The van der Waals surface area contributed by atoms with Gasteiger partial charge in [-0.2, -0.15) is 0 Å². The molecule has 3 aromatic rings. The molecule has 36 heavy (non-hydrogen) atoms. The lowest BCUT2D eigenvalue weighted by Crippen LogP contribution is -2.42. The molecule has 1 aliphatic rings. The van der Waals surface area contributed by atoms with Crippen LogP contribution in [0, 0.1) is 0 Å². The molecule has 1 aromatic heterocycles. The average molecular weight is 634 g/mol. The van der Waals surface area contributed by atoms with E-state index in [4.69, 9.17) is 15.2 Å². The van der Waals surface area contributed by atoms with Crippen LogP contribution in [-0.2, 0) is 14.3 Å². The molecule has 2 aromatic carbocycles. The number of fused-ring (bicyclic) bond motifs is 1. The van der Waals surface area contributed by atoms with E-state index in [1.807, 2.05) is 30.3 Å². The summed E-state index contributed by atoms with van der Waals surface area (Å²) >= 11 is 7.97. The van der Waals surface area contributed by atoms with E-state index >= 15 is 0 Å². The van der Waals surface area contributed by atoms with Gasteiger partial charge in [0.2, 0.25) is 5.91 Å². The van der Waals surface area contributed by atoms with E-state index in [2.05, 4.69) is 31.9 Å². The summed E-state index contributed by atoms with van der Waals surface area (Å²) in [5, 5.41) is -0.226. The number of ether oxygens (including phenoxy) is 2. The van der Waals surface area contributed by atoms with Crippen LogP contribution < -0.4 is 16.3 Å². The van der Waals surface area contributed by atoms with Crippen LogP contribution in [-0.4, -0.2) is 35.6 Å². The number of carbonyl (C=O) groups is 3. The molecule has 1 atom stereocenters. The van der Waals surface area contributed by atoms with Crippen molar-refractivity contribution in [3.8, 4) is 0 Å². The molecule has 2 N–H and O–H groups in total. The Hall–Kier alpha value is -2.82. The van der Waals surface area contributed by atoms with E-state index in [-0.39, 0.29) is 34.8 Å². The second-order valence-corrected chi connectivity index (χ2v) is 10.7. The number of nitrogens with zero attached hydrogens (tertiary/aromatic N) is 1. The molecule has 1 aliphatic heterocycles. The van der Waals surface area contributed by atoms with Crippen LogP contribution in [0.4, 0.5) is 5.69 Å². The fourth-order valence-electron chi connectivity index (χ4n) is 3.92. The fourth-order valence-corrected chi connectivity index (χ4v) is 5.95. The third-order valence-electron chi connectivity index (χ3n) is 5.38. The van der Waals surface area contributed by atoms with Crippen LogP contribution in [0.5, 0.6) is 0 Å². The Labute approximate surface area is 228 Å². The van der Waals surface area contributed by atoms with Crippen LogP contribution in [0.3, 0.4) is 0 Å². The fraction of sp³-hybridized carbons (Fsp3) is 0.192. The summed E-state index contributed by atoms with van der Waals surface area (Å²) in [5.74, 6) is -1.76. The maximum atomic E-state index is 13.9. The van der Waals surface area contributed by atoms with Crippen molar-refractivity contribution >= 4 is 78.1 Å². The minimum atomic E-state index is -0.812. The number of halogens is 2. The van der Waals surface area contributed by atoms with Crippen LogP contribution in [0.15, 0.2) is 57.5 Å². The van der Waals surface area contributed by atoms with Gasteiger partial charge in [0.25, 0.3) is 0 Å². The average Bonchev–Trinajstić information content (AvgIpc) is 3.12. The molecular formula is C26H22Br2N2O5S. The van der Waals surface area contributed by atoms with Gasteiger partial charge in [-0.05, 0) is 55.3 Å². The van der Waals surface area contributed by atoms with Gasteiger partial charge in [-0.1, -0.05) is 67.9 Å². The molecule has 10 heteroatoms. The Morgan fingerprint density at radius 2 is 1.67 bits per heavy atom. The molecule has 2 heterocycles. The zero-order valence-corrected chi connectivity index (χ0v) is 23.4. The number of aromatic nitrogens is 1. The van der Waals surface area contributed by atoms with Crippen molar-refractivity contribution in [3.63, 3.8) is 0 Å². The minimum Gasteiger partial charge on any atom is -0.462 e. The zero-order chi connectivity index (χ0) is 26.0. The molecule has 186 valence electrons. The normalized spacial score (nSPS) is 15.6. The van der Waals surface area contributed by atoms with Gasteiger partial charge < -0.3 is 15.2 Å². The first-order valence-corrected chi connectivity index (χ1v) is 13.6. The topological polar surface area (TPSA) is 101 Å². The molecule has 4 rings (SSSR count). The highest BCUT2D eigenvalue weighted by molar-refractivity contribution is 9.10. The second kappa shape index (κ2) is 11.1. The summed E-state index contributed by atoms with van der Waals surface area (Å²) in [6.07, 6.45) is 1.74. The van der Waals surface area contributed by atoms with Gasteiger partial charge >= 0.3 is 11.9 Å². The Morgan fingerprint density at radius 3 is 2.31 bits per heavy atom. The van der Waals surface area contributed by atoms with Gasteiger partial charge in [0, 0.05) is 14.2 Å². The summed E-state index contributed by atoms with van der Waals surface area (Å²) in [5.41, 5.74) is 7.87. The van der Waals surface area contributed by atoms with E-state index in [1.54, 1.807) is 38.1 Å². The summed E-state index contributed by atoms with van der Waals surface area (Å²) in [6, 6.07) is 14.7. The van der Waals surface area contributed by atoms with Gasteiger partial charge in [-0.15, -0.1) is 0 Å². The van der Waals surface area contributed by atoms with E-state index in [0.717, 1.165) is 26.3 Å². The number of benzene rings is 2. The number of carbonyl (C=O) groups excluding carboxylic acids is 3. The monoisotopic (exact) mass is 632 g/mol. The lowest BCUT2D eigenvalue weighted by atomic mass is 10.1. The molecule has 0 spiro atoms. The van der Waals surface area contributed by atoms with E-state index in [1.165, 1.54) is 4.57 Å². The van der Waals surface area contributed by atoms with Gasteiger partial charge in [-0.25, -0.2) is 9.59 Å². The van der Waals surface area contributed by atoms with Gasteiger partial charge in [0.15, 0.2) is 5.69 Å². The van der Waals surface area contributed by atoms with Crippen molar-refractivity contribution < 1.29 is 23.9 Å². The van der Waals surface area contributed by atoms with Crippen molar-refractivity contribution in [2.45, 2.75) is 19.1 Å². The van der Waals surface area contributed by atoms with Crippen molar-refractivity contribution in [3.05, 3.63) is 84.9 Å². The Kier molecular flexibility index (Phi) is 8.07. The summed E-state index contributed by atoms with van der Waals surface area (Å²) < 4.78 is 13.4. The van der Waals surface area contributed by atoms with E-state index < -0.39 is 23.1 Å². The van der Waals surface area contributed by atoms with Crippen molar-refractivity contribution in [2.24, 2.45) is 0 Å². The van der Waals surface area contributed by atoms with E-state index in [0.29, 0.717) is 10.8 Å². The number of rotatable bonds is 6. The number of thioether (sulfide) groups is 1. The number of hydrogen-bond acceptors (Lipinski definition) is 7. The zero-order valence-electron chi connectivity index (χ0n) is 19.4. The maximum Gasteiger partial charge on any atom is 0.357 e. The Morgan fingerprint density at radius 1 is 1.03 bits per heavy atom. The number of anilines is 1. The molecule has 0 radical (unpaired) electrons. The van der Waals surface area contributed by atoms with Gasteiger partial charge in [-0.3, -0.25) is 9.36 Å². The molecule has 0 fully saturated rings. The largest absolute Gasteiger partial charge is 0.462 e. The smallest absolute Gasteiger partial charge is 0.357 e. The van der Waals surface area contributed by atoms with Crippen LogP contribution >= 0.6 is 43.6 Å². The lowest BCUT2D eigenvalue weighted by Gasteiger charge is -2.23. The highest BCUT2D eigenvalue weighted by atomic mass is 79.9. The predicted molar refractivity (Wildman–Crippen MR) is 147 cm³/mol. The minimum absolute atomic E-state index is 0.0501. The first-order chi connectivity index (χ1) is 17.3. The maximum absolute atomic E-state index is 13.9. The first-order valence-electron chi connectivity index (χ1n) is 11.1. The number of nitrogens with two attached hydrogens (primary N) is 1. The number of hydrogen-bond donors (Lipinski definition) is 1. The molecule has 0 saturated heterocycles. The molecule has 0 aliphatic carbocycles. The predicted octanol–water partition coefficient (Wildman–Crippen LogP) is 4.40. The summed E-state index contributed by atoms with van der Waals surface area (Å²) in [7, 11) is 0. The van der Waals surface area contributed by atoms with Crippen molar-refractivity contribution in [2.75, 3.05) is 18.9 Å². The lowest BCUT2D eigenvalue weighted by molar-refractivity contribution is -0.135. The third-order valence-corrected chi connectivity index (χ3v) is 7.68. The SMILES string of the molecule is CCOC(=O)C1=c2/c(=C/c3cccc(Br)c3)c(N)c(C(=O)OCC)n2C(=O)[C@H](c2cccc(Br)c2)S1. The van der Waals surface area contributed by atoms with Gasteiger partial charge in [0.05, 0.1) is 24.3 Å². The molecular weight excluding hydrogens is 612 g/mol. The molecule has 0 saturated carbocycles. The van der Waals surface area contributed by atoms with Crippen LogP contribution in [0.1, 0.15) is 45.5 Å². The van der Waals surface area contributed by atoms with Crippen molar-refractivity contribution in [1.29, 1.82) is 0 Å². The summed E-state index contributed by atoms with van der Waals surface area (Å²) in [6.45, 7) is 3.61. The Balaban J connectivity index is 2.11. The Bertz CT molecular complexity index is 1500. The quantitative estimate of drug-likeness (QED) is 0.402. The molecule has 7 nitrogen and oxygen atoms in total. The van der Waals surface area contributed by atoms with Crippen molar-refractivity contribution in [1.82, 2.24) is 4.57 Å². The number of nitrogen functional groups attached to an aromatic ring is 1. The second-order valence-electron chi connectivity index (χ2n) is 7.72. The standard InChI is InChI=1S/C26H22Br2N2O5S/c1-3-34-25(32)21-19(29)18(12-14-7-5-9-16(27)11-14)20-23(26(33)35-4-2)36-22(24(31)30(20)21)15-8-6-10-17(28)13-15/h5-13,22H,3-4,29H2,1-2H3/b18-12+/t22-/m0/s1. The first kappa shape index (κ1) is 26.2.